The molecule has 0 aliphatic rings. The van der Waals surface area contributed by atoms with Crippen LogP contribution < -0.4 is 10.6 Å². The van der Waals surface area contributed by atoms with E-state index in [1.165, 1.54) is 6.20 Å². The molecule has 2 aromatic heterocycles. The average molecular weight is 367 g/mol. The van der Waals surface area contributed by atoms with Crippen molar-refractivity contribution in [3.05, 3.63) is 60.3 Å². The van der Waals surface area contributed by atoms with Crippen LogP contribution in [0.1, 0.15) is 36.8 Å². The van der Waals surface area contributed by atoms with E-state index < -0.39 is 11.7 Å². The number of anilines is 1. The van der Waals surface area contributed by atoms with Crippen LogP contribution in [0.3, 0.4) is 0 Å². The molecule has 3 aromatic rings. The Kier molecular flexibility index (Phi) is 5.07. The number of fused-ring (bicyclic) bond motifs is 1. The van der Waals surface area contributed by atoms with Gasteiger partial charge in [-0.25, -0.2) is 9.78 Å². The molecule has 8 nitrogen and oxygen atoms in total. The number of benzene rings is 1. The Morgan fingerprint density at radius 3 is 2.81 bits per heavy atom. The third kappa shape index (κ3) is 4.81. The zero-order valence-corrected chi connectivity index (χ0v) is 15.4. The summed E-state index contributed by atoms with van der Waals surface area (Å²) in [4.78, 5) is 32.4. The van der Waals surface area contributed by atoms with Crippen molar-refractivity contribution >= 4 is 23.3 Å². The highest BCUT2D eigenvalue weighted by Gasteiger charge is 2.16. The second-order valence-electron chi connectivity index (χ2n) is 6.96. The summed E-state index contributed by atoms with van der Waals surface area (Å²) in [5.74, 6) is -0.251. The molecule has 0 aliphatic heterocycles. The largest absolute Gasteiger partial charge is 0.444 e. The predicted octanol–water partition coefficient (Wildman–Crippen LogP) is 3.01. The normalized spacial score (nSPS) is 11.2. The lowest BCUT2D eigenvalue weighted by Gasteiger charge is -2.19. The number of hydrogen-bond donors (Lipinski definition) is 2. The van der Waals surface area contributed by atoms with Gasteiger partial charge in [0.25, 0.3) is 5.91 Å². The molecule has 0 bridgehead atoms. The summed E-state index contributed by atoms with van der Waals surface area (Å²) in [6.07, 6.45) is 5.85. The maximum atomic E-state index is 12.4. The Morgan fingerprint density at radius 2 is 2.04 bits per heavy atom. The van der Waals surface area contributed by atoms with Crippen molar-refractivity contribution in [1.82, 2.24) is 19.7 Å². The highest BCUT2D eigenvalue weighted by Crippen LogP contribution is 2.14. The minimum Gasteiger partial charge on any atom is -0.444 e. The first-order valence-corrected chi connectivity index (χ1v) is 8.46. The molecule has 1 aromatic carbocycles. The van der Waals surface area contributed by atoms with E-state index in [-0.39, 0.29) is 5.91 Å². The molecular weight excluding hydrogens is 346 g/mol. The molecule has 0 fully saturated rings. The lowest BCUT2D eigenvalue weighted by Crippen LogP contribution is -2.27. The zero-order valence-electron chi connectivity index (χ0n) is 15.4. The van der Waals surface area contributed by atoms with Crippen molar-refractivity contribution in [2.45, 2.75) is 32.9 Å². The van der Waals surface area contributed by atoms with Gasteiger partial charge in [0.2, 0.25) is 0 Å². The first-order valence-electron chi connectivity index (χ1n) is 8.46. The zero-order chi connectivity index (χ0) is 19.4. The van der Waals surface area contributed by atoms with Crippen LogP contribution in [0.25, 0.3) is 5.65 Å². The predicted molar refractivity (Wildman–Crippen MR) is 100 cm³/mol. The molecule has 0 aliphatic carbocycles. The summed E-state index contributed by atoms with van der Waals surface area (Å²) in [7, 11) is 0. The van der Waals surface area contributed by atoms with E-state index in [9.17, 15) is 9.59 Å². The number of aromatic nitrogens is 3. The van der Waals surface area contributed by atoms with E-state index >= 15 is 0 Å². The second kappa shape index (κ2) is 7.45. The summed E-state index contributed by atoms with van der Waals surface area (Å²) in [6.45, 7) is 5.71. The number of ether oxygens (including phenoxy) is 1. The Bertz CT molecular complexity index is 975. The van der Waals surface area contributed by atoms with Crippen LogP contribution in [0.4, 0.5) is 10.5 Å². The first kappa shape index (κ1) is 18.4. The molecule has 0 radical (unpaired) electrons. The number of rotatable bonds is 4. The highest BCUT2D eigenvalue weighted by molar-refractivity contribution is 5.93. The summed E-state index contributed by atoms with van der Waals surface area (Å²) in [6, 6.07) is 7.20. The molecule has 2 amide bonds. The van der Waals surface area contributed by atoms with Crippen LogP contribution in [0, 0.1) is 0 Å². The number of amides is 2. The van der Waals surface area contributed by atoms with Gasteiger partial charge in [-0.05, 0) is 38.5 Å². The molecule has 0 atom stereocenters. The Labute approximate surface area is 156 Å². The SMILES string of the molecule is CC(C)(C)OC(=O)Nc1cccc(CNC(=O)c2cnc3cnccn23)c1. The van der Waals surface area contributed by atoms with Gasteiger partial charge in [0.1, 0.15) is 11.3 Å². The van der Waals surface area contributed by atoms with Crippen LogP contribution in [-0.2, 0) is 11.3 Å². The Balaban J connectivity index is 1.63. The maximum Gasteiger partial charge on any atom is 0.412 e. The summed E-state index contributed by atoms with van der Waals surface area (Å²) in [5.41, 5.74) is 1.89. The summed E-state index contributed by atoms with van der Waals surface area (Å²) >= 11 is 0. The van der Waals surface area contributed by atoms with Crippen molar-refractivity contribution in [2.24, 2.45) is 0 Å². The molecule has 2 heterocycles. The van der Waals surface area contributed by atoms with Crippen molar-refractivity contribution in [1.29, 1.82) is 0 Å². The van der Waals surface area contributed by atoms with Crippen LogP contribution in [0.15, 0.2) is 49.1 Å². The third-order valence-electron chi connectivity index (χ3n) is 3.58. The molecular formula is C19H21N5O3. The topological polar surface area (TPSA) is 97.6 Å². The van der Waals surface area contributed by atoms with Crippen molar-refractivity contribution in [3.63, 3.8) is 0 Å². The highest BCUT2D eigenvalue weighted by atomic mass is 16.6. The number of hydrogen-bond acceptors (Lipinski definition) is 5. The minimum absolute atomic E-state index is 0.251. The first-order chi connectivity index (χ1) is 12.8. The molecule has 27 heavy (non-hydrogen) atoms. The van der Waals surface area contributed by atoms with Gasteiger partial charge in [0.15, 0.2) is 5.65 Å². The molecule has 0 saturated heterocycles. The standard InChI is InChI=1S/C19H21N5O3/c1-19(2,3)27-18(26)23-14-6-4-5-13(9-14)10-22-17(25)15-11-21-16-12-20-7-8-24(15)16/h4-9,11-12H,10H2,1-3H3,(H,22,25)(H,23,26). The fraction of sp³-hybridized carbons (Fsp3) is 0.263. The van der Waals surface area contributed by atoms with E-state index in [2.05, 4.69) is 20.6 Å². The average Bonchev–Trinajstić information content (AvgIpc) is 3.02. The van der Waals surface area contributed by atoms with Gasteiger partial charge in [0.05, 0.1) is 12.4 Å². The summed E-state index contributed by atoms with van der Waals surface area (Å²) < 4.78 is 6.90. The van der Waals surface area contributed by atoms with E-state index in [1.807, 2.05) is 6.07 Å². The van der Waals surface area contributed by atoms with Gasteiger partial charge in [-0.15, -0.1) is 0 Å². The van der Waals surface area contributed by atoms with Gasteiger partial charge in [-0.2, -0.15) is 0 Å². The van der Waals surface area contributed by atoms with Crippen LogP contribution in [-0.4, -0.2) is 32.0 Å². The monoisotopic (exact) mass is 367 g/mol. The lowest BCUT2D eigenvalue weighted by molar-refractivity contribution is 0.0635. The number of imidazole rings is 1. The fourth-order valence-corrected chi connectivity index (χ4v) is 2.46. The molecule has 2 N–H and O–H groups in total. The van der Waals surface area contributed by atoms with Gasteiger partial charge in [-0.1, -0.05) is 12.1 Å². The van der Waals surface area contributed by atoms with E-state index in [0.717, 1.165) is 5.56 Å². The maximum absolute atomic E-state index is 12.4. The molecule has 3 rings (SSSR count). The van der Waals surface area contributed by atoms with Gasteiger partial charge >= 0.3 is 6.09 Å². The molecule has 0 saturated carbocycles. The van der Waals surface area contributed by atoms with Crippen LogP contribution in [0.5, 0.6) is 0 Å². The van der Waals surface area contributed by atoms with Gasteiger partial charge < -0.3 is 10.1 Å². The van der Waals surface area contributed by atoms with E-state index in [1.54, 1.807) is 62.0 Å². The van der Waals surface area contributed by atoms with E-state index in [0.29, 0.717) is 23.6 Å². The number of nitrogens with zero attached hydrogens (tertiary/aromatic N) is 3. The van der Waals surface area contributed by atoms with Crippen LogP contribution in [0.2, 0.25) is 0 Å². The second-order valence-corrected chi connectivity index (χ2v) is 6.96. The van der Waals surface area contributed by atoms with Crippen molar-refractivity contribution in [2.75, 3.05) is 5.32 Å². The third-order valence-corrected chi connectivity index (χ3v) is 3.58. The van der Waals surface area contributed by atoms with Gasteiger partial charge in [-0.3, -0.25) is 19.5 Å². The van der Waals surface area contributed by atoms with Crippen molar-refractivity contribution < 1.29 is 14.3 Å². The number of carbonyl (C=O) groups is 2. The molecule has 8 heteroatoms. The molecule has 140 valence electrons. The quantitative estimate of drug-likeness (QED) is 0.739. The number of carbonyl (C=O) groups excluding carboxylic acids is 2. The minimum atomic E-state index is -0.570. The van der Waals surface area contributed by atoms with Gasteiger partial charge in [0, 0.05) is 24.6 Å². The fourth-order valence-electron chi connectivity index (χ4n) is 2.46. The van der Waals surface area contributed by atoms with Crippen molar-refractivity contribution in [3.8, 4) is 0 Å². The number of nitrogens with one attached hydrogen (secondary N) is 2. The van der Waals surface area contributed by atoms with E-state index in [4.69, 9.17) is 4.74 Å². The molecule has 0 spiro atoms. The summed E-state index contributed by atoms with van der Waals surface area (Å²) in [5, 5.41) is 5.53. The Hall–Kier alpha value is -3.42. The molecule has 0 unspecified atom stereocenters. The Morgan fingerprint density at radius 1 is 1.22 bits per heavy atom. The smallest absolute Gasteiger partial charge is 0.412 e. The van der Waals surface area contributed by atoms with Crippen LogP contribution >= 0.6 is 0 Å². The lowest BCUT2D eigenvalue weighted by atomic mass is 10.2.